The van der Waals surface area contributed by atoms with Crippen molar-refractivity contribution in [1.82, 2.24) is 0 Å². The van der Waals surface area contributed by atoms with Crippen molar-refractivity contribution in [2.24, 2.45) is 0 Å². The van der Waals surface area contributed by atoms with E-state index in [4.69, 9.17) is 19.3 Å². The van der Waals surface area contributed by atoms with Gasteiger partial charge in [-0.05, 0) is 6.42 Å². The molecule has 1 saturated heterocycles. The van der Waals surface area contributed by atoms with Crippen LogP contribution in [-0.2, 0) is 14.2 Å². The summed E-state index contributed by atoms with van der Waals surface area (Å²) >= 11 is 0. The first-order valence-electron chi connectivity index (χ1n) is 7.39. The van der Waals surface area contributed by atoms with Gasteiger partial charge in [-0.15, -0.1) is 0 Å². The monoisotopic (exact) mass is 276 g/mol. The molecule has 0 aromatic rings. The number of unbranched alkanes of at least 4 members (excludes halogenated alkanes) is 5. The Morgan fingerprint density at radius 2 is 1.89 bits per heavy atom. The number of hydrogen-bond donors (Lipinski definition) is 2. The zero-order valence-corrected chi connectivity index (χ0v) is 11.9. The highest BCUT2D eigenvalue weighted by molar-refractivity contribution is 4.83. The molecule has 0 bridgehead atoms. The molecule has 114 valence electrons. The van der Waals surface area contributed by atoms with Gasteiger partial charge in [0.05, 0.1) is 13.2 Å². The molecule has 1 aliphatic heterocycles. The summed E-state index contributed by atoms with van der Waals surface area (Å²) in [5.41, 5.74) is 0. The maximum Gasteiger partial charge on any atom is 0.147 e. The summed E-state index contributed by atoms with van der Waals surface area (Å²) in [7, 11) is 0. The largest absolute Gasteiger partial charge is 0.394 e. The van der Waals surface area contributed by atoms with E-state index >= 15 is 0 Å². The van der Waals surface area contributed by atoms with Crippen LogP contribution in [0.25, 0.3) is 0 Å². The van der Waals surface area contributed by atoms with Crippen molar-refractivity contribution in [2.45, 2.75) is 63.8 Å². The third-order valence-corrected chi connectivity index (χ3v) is 3.39. The molecule has 0 amide bonds. The Morgan fingerprint density at radius 1 is 1.16 bits per heavy atom. The first-order valence-corrected chi connectivity index (χ1v) is 7.39. The van der Waals surface area contributed by atoms with Gasteiger partial charge in [-0.25, -0.2) is 0 Å². The average Bonchev–Trinajstić information content (AvgIpc) is 2.77. The first-order chi connectivity index (χ1) is 9.29. The lowest BCUT2D eigenvalue weighted by atomic mass is 10.1. The fourth-order valence-corrected chi connectivity index (χ4v) is 2.20. The van der Waals surface area contributed by atoms with E-state index in [1.807, 2.05) is 0 Å². The van der Waals surface area contributed by atoms with Crippen molar-refractivity contribution in [3.63, 3.8) is 0 Å². The maximum atomic E-state index is 9.60. The van der Waals surface area contributed by atoms with E-state index in [1.54, 1.807) is 0 Å². The minimum absolute atomic E-state index is 0.140. The van der Waals surface area contributed by atoms with Crippen molar-refractivity contribution >= 4 is 0 Å². The summed E-state index contributed by atoms with van der Waals surface area (Å²) in [6.07, 6.45) is 5.79. The molecule has 19 heavy (non-hydrogen) atoms. The Bertz CT molecular complexity index is 212. The van der Waals surface area contributed by atoms with Crippen molar-refractivity contribution in [1.29, 1.82) is 0 Å². The van der Waals surface area contributed by atoms with Gasteiger partial charge in [0.25, 0.3) is 0 Å². The van der Waals surface area contributed by atoms with Gasteiger partial charge in [0.2, 0.25) is 0 Å². The van der Waals surface area contributed by atoms with Crippen LogP contribution in [0, 0.1) is 0 Å². The second-order valence-corrected chi connectivity index (χ2v) is 5.05. The van der Waals surface area contributed by atoms with Crippen LogP contribution in [0.1, 0.15) is 45.4 Å². The number of aliphatic hydroxyl groups is 2. The van der Waals surface area contributed by atoms with Gasteiger partial charge in [0.1, 0.15) is 25.1 Å². The summed E-state index contributed by atoms with van der Waals surface area (Å²) < 4.78 is 16.0. The number of hydrogen-bond acceptors (Lipinski definition) is 5. The van der Waals surface area contributed by atoms with Crippen LogP contribution in [-0.4, -0.2) is 55.1 Å². The van der Waals surface area contributed by atoms with E-state index < -0.39 is 18.3 Å². The molecule has 1 aliphatic rings. The van der Waals surface area contributed by atoms with Gasteiger partial charge in [0.15, 0.2) is 0 Å². The van der Waals surface area contributed by atoms with Gasteiger partial charge >= 0.3 is 0 Å². The molecule has 3 atom stereocenters. The predicted octanol–water partition coefficient (Wildman–Crippen LogP) is 1.46. The zero-order valence-electron chi connectivity index (χ0n) is 11.9. The summed E-state index contributed by atoms with van der Waals surface area (Å²) in [5.74, 6) is 0. The second kappa shape index (κ2) is 10.6. The minimum atomic E-state index is -0.671. The van der Waals surface area contributed by atoms with Gasteiger partial charge in [-0.1, -0.05) is 39.0 Å². The highest BCUT2D eigenvalue weighted by Gasteiger charge is 2.36. The maximum absolute atomic E-state index is 9.60. The van der Waals surface area contributed by atoms with Gasteiger partial charge < -0.3 is 24.4 Å². The summed E-state index contributed by atoms with van der Waals surface area (Å²) in [6, 6.07) is 0. The number of ether oxygens (including phenoxy) is 3. The van der Waals surface area contributed by atoms with Crippen LogP contribution in [0.3, 0.4) is 0 Å². The van der Waals surface area contributed by atoms with Crippen LogP contribution < -0.4 is 0 Å². The first kappa shape index (κ1) is 16.9. The molecule has 1 unspecified atom stereocenters. The Balaban J connectivity index is 1.92. The SMILES string of the molecule is CCCCCCCCOCO[C@@H]1C(O)CO[C@@H]1CO. The van der Waals surface area contributed by atoms with Gasteiger partial charge in [0, 0.05) is 6.61 Å². The predicted molar refractivity (Wildman–Crippen MR) is 71.9 cm³/mol. The molecule has 0 aromatic heterocycles. The summed E-state index contributed by atoms with van der Waals surface area (Å²) in [6.45, 7) is 3.11. The Labute approximate surface area is 115 Å². The molecule has 1 fully saturated rings. The fourth-order valence-electron chi connectivity index (χ4n) is 2.20. The lowest BCUT2D eigenvalue weighted by molar-refractivity contribution is -0.131. The normalized spacial score (nSPS) is 27.0. The van der Waals surface area contributed by atoms with Crippen LogP contribution in [0.5, 0.6) is 0 Å². The lowest BCUT2D eigenvalue weighted by Crippen LogP contribution is -2.35. The van der Waals surface area contributed by atoms with E-state index in [2.05, 4.69) is 6.92 Å². The molecule has 0 aromatic carbocycles. The minimum Gasteiger partial charge on any atom is -0.394 e. The average molecular weight is 276 g/mol. The molecule has 5 nitrogen and oxygen atoms in total. The quantitative estimate of drug-likeness (QED) is 0.442. The second-order valence-electron chi connectivity index (χ2n) is 5.05. The third kappa shape index (κ3) is 6.68. The Kier molecular flexibility index (Phi) is 9.38. The Hall–Kier alpha value is -0.200. The molecule has 2 N–H and O–H groups in total. The topological polar surface area (TPSA) is 68.2 Å². The van der Waals surface area contributed by atoms with E-state index in [1.165, 1.54) is 32.1 Å². The van der Waals surface area contributed by atoms with Crippen LogP contribution in [0.2, 0.25) is 0 Å². The molecule has 5 heteroatoms. The Morgan fingerprint density at radius 3 is 2.63 bits per heavy atom. The molecule has 1 rings (SSSR count). The van der Waals surface area contributed by atoms with Crippen molar-refractivity contribution in [3.8, 4) is 0 Å². The summed E-state index contributed by atoms with van der Waals surface area (Å²) in [5, 5.41) is 18.6. The summed E-state index contributed by atoms with van der Waals surface area (Å²) in [4.78, 5) is 0. The lowest BCUT2D eigenvalue weighted by Gasteiger charge is -2.19. The van der Waals surface area contributed by atoms with Crippen LogP contribution >= 0.6 is 0 Å². The molecule has 0 saturated carbocycles. The van der Waals surface area contributed by atoms with Gasteiger partial charge in [-0.3, -0.25) is 0 Å². The highest BCUT2D eigenvalue weighted by atomic mass is 16.7. The van der Waals surface area contributed by atoms with E-state index in [9.17, 15) is 5.11 Å². The van der Waals surface area contributed by atoms with E-state index in [0.29, 0.717) is 6.61 Å². The molecule has 0 aliphatic carbocycles. The molecule has 1 heterocycles. The van der Waals surface area contributed by atoms with Crippen molar-refractivity contribution < 1.29 is 24.4 Å². The smallest absolute Gasteiger partial charge is 0.147 e. The standard InChI is InChI=1S/C14H28O5/c1-2-3-4-5-6-7-8-17-11-19-14-12(16)10-18-13(14)9-15/h12-16H,2-11H2,1H3/t12?,13-,14-/m1/s1. The molecular formula is C14H28O5. The van der Waals surface area contributed by atoms with Crippen molar-refractivity contribution in [2.75, 3.05) is 26.6 Å². The van der Waals surface area contributed by atoms with E-state index in [0.717, 1.165) is 6.42 Å². The van der Waals surface area contributed by atoms with E-state index in [-0.39, 0.29) is 20.0 Å². The zero-order chi connectivity index (χ0) is 13.9. The van der Waals surface area contributed by atoms with Crippen LogP contribution in [0.15, 0.2) is 0 Å². The molecular weight excluding hydrogens is 248 g/mol. The fraction of sp³-hybridized carbons (Fsp3) is 1.00. The number of aliphatic hydroxyl groups excluding tert-OH is 2. The van der Waals surface area contributed by atoms with Gasteiger partial charge in [-0.2, -0.15) is 0 Å². The van der Waals surface area contributed by atoms with Crippen LogP contribution in [0.4, 0.5) is 0 Å². The third-order valence-electron chi connectivity index (χ3n) is 3.39. The number of rotatable bonds is 11. The molecule has 0 spiro atoms. The highest BCUT2D eigenvalue weighted by Crippen LogP contribution is 2.17. The molecule has 0 radical (unpaired) electrons. The van der Waals surface area contributed by atoms with Crippen molar-refractivity contribution in [3.05, 3.63) is 0 Å².